The van der Waals surface area contributed by atoms with E-state index in [1.54, 1.807) is 0 Å². The van der Waals surface area contributed by atoms with E-state index in [0.717, 1.165) is 44.6 Å². The number of hydrogen-bond donors (Lipinski definition) is 0. The van der Waals surface area contributed by atoms with Crippen molar-refractivity contribution in [2.75, 3.05) is 4.90 Å². The Balaban J connectivity index is 0.974. The molecule has 12 aromatic rings. The highest BCUT2D eigenvalue weighted by Gasteiger charge is 2.19. The molecule has 0 unspecified atom stereocenters. The van der Waals surface area contributed by atoms with Gasteiger partial charge in [0.25, 0.3) is 0 Å². The average molecular weight is 776 g/mol. The van der Waals surface area contributed by atoms with Gasteiger partial charge in [0.1, 0.15) is 11.2 Å². The number of benzene rings is 9. The van der Waals surface area contributed by atoms with Gasteiger partial charge in [0.05, 0.1) is 0 Å². The Morgan fingerprint density at radius 1 is 0.310 bits per heavy atom. The monoisotopic (exact) mass is 775 g/mol. The third-order valence-corrected chi connectivity index (χ3v) is 13.8. The van der Waals surface area contributed by atoms with E-state index in [2.05, 4.69) is 193 Å². The van der Waals surface area contributed by atoms with Crippen molar-refractivity contribution in [2.24, 2.45) is 0 Å². The molecule has 0 aliphatic heterocycles. The van der Waals surface area contributed by atoms with Gasteiger partial charge in [-0.15, -0.1) is 22.7 Å². The number of para-hydroxylation sites is 1. The molecular weight excluding hydrogens is 743 g/mol. The smallest absolute Gasteiger partial charge is 0.136 e. The van der Waals surface area contributed by atoms with E-state index >= 15 is 0 Å². The molecule has 0 radical (unpaired) electrons. The first-order chi connectivity index (χ1) is 28.7. The summed E-state index contributed by atoms with van der Waals surface area (Å²) in [6, 6.07) is 72.4. The second kappa shape index (κ2) is 13.3. The third-order valence-electron chi connectivity index (χ3n) is 11.5. The van der Waals surface area contributed by atoms with Crippen LogP contribution in [-0.4, -0.2) is 0 Å². The predicted octanol–water partition coefficient (Wildman–Crippen LogP) is 16.8. The number of hydrogen-bond acceptors (Lipinski definition) is 4. The maximum Gasteiger partial charge on any atom is 0.136 e. The van der Waals surface area contributed by atoms with E-state index in [0.29, 0.717) is 0 Å². The zero-order valence-corrected chi connectivity index (χ0v) is 32.9. The van der Waals surface area contributed by atoms with Gasteiger partial charge < -0.3 is 9.32 Å². The highest BCUT2D eigenvalue weighted by molar-refractivity contribution is 7.29. The highest BCUT2D eigenvalue weighted by atomic mass is 32.1. The van der Waals surface area contributed by atoms with Crippen LogP contribution in [0.25, 0.3) is 95.7 Å². The Bertz CT molecular complexity index is 3480. The van der Waals surface area contributed by atoms with Crippen LogP contribution in [0.3, 0.4) is 0 Å². The van der Waals surface area contributed by atoms with Crippen molar-refractivity contribution in [3.05, 3.63) is 200 Å². The van der Waals surface area contributed by atoms with Crippen LogP contribution in [0.2, 0.25) is 0 Å². The summed E-state index contributed by atoms with van der Waals surface area (Å²) in [6.45, 7) is 0. The number of nitrogens with zero attached hydrogens (tertiary/aromatic N) is 1. The molecule has 0 aliphatic carbocycles. The second-order valence-corrected chi connectivity index (χ2v) is 16.9. The summed E-state index contributed by atoms with van der Waals surface area (Å²) < 4.78 is 11.6. The summed E-state index contributed by atoms with van der Waals surface area (Å²) in [5, 5.41) is 7.68. The zero-order chi connectivity index (χ0) is 38.2. The van der Waals surface area contributed by atoms with E-state index in [-0.39, 0.29) is 0 Å². The SMILES string of the molecule is c1ccc(-c2ccc(N(c3ccc(-c4cccc5oc6ccccc6c45)cc3)c3ccc(-c4cccc5sc6ccc7c8ccccc8sc7c6c45)cc3)cc2)cc1. The Morgan fingerprint density at radius 3 is 1.57 bits per heavy atom. The molecule has 12 rings (SSSR count). The molecule has 0 amide bonds. The van der Waals surface area contributed by atoms with Crippen LogP contribution >= 0.6 is 22.7 Å². The van der Waals surface area contributed by atoms with Crippen LogP contribution < -0.4 is 4.90 Å². The van der Waals surface area contributed by atoms with Gasteiger partial charge in [0, 0.05) is 68.2 Å². The molecule has 0 aliphatic rings. The minimum Gasteiger partial charge on any atom is -0.456 e. The molecule has 0 spiro atoms. The van der Waals surface area contributed by atoms with Gasteiger partial charge in [0.15, 0.2) is 0 Å². The topological polar surface area (TPSA) is 16.4 Å². The van der Waals surface area contributed by atoms with Gasteiger partial charge in [0.2, 0.25) is 0 Å². The fourth-order valence-electron chi connectivity index (χ4n) is 8.80. The first kappa shape index (κ1) is 33.2. The molecule has 0 fully saturated rings. The molecule has 0 atom stereocenters. The second-order valence-electron chi connectivity index (χ2n) is 14.8. The largest absolute Gasteiger partial charge is 0.456 e. The van der Waals surface area contributed by atoms with Crippen LogP contribution in [0, 0.1) is 0 Å². The molecule has 9 aromatic carbocycles. The van der Waals surface area contributed by atoms with Crippen molar-refractivity contribution in [1.29, 1.82) is 0 Å². The maximum absolute atomic E-state index is 6.24. The Morgan fingerprint density at radius 2 is 0.845 bits per heavy atom. The molecule has 272 valence electrons. The van der Waals surface area contributed by atoms with Crippen LogP contribution in [0.5, 0.6) is 0 Å². The van der Waals surface area contributed by atoms with Crippen LogP contribution in [0.4, 0.5) is 17.1 Å². The van der Waals surface area contributed by atoms with Gasteiger partial charge >= 0.3 is 0 Å². The molecule has 0 saturated carbocycles. The standard InChI is InChI=1S/C54H33NOS2/c1-2-10-34(11-3-1)35-20-26-38(27-21-35)55(39-28-22-36(23-29-39)41-14-8-17-47-51(41)45-13-4-6-16-46(45)56-47)40-30-24-37(25-31-40)42-15-9-19-49-52(42)53-50(57-49)33-32-44-43-12-5-7-18-48(43)58-54(44)53/h1-33H. The lowest BCUT2D eigenvalue weighted by Gasteiger charge is -2.26. The van der Waals surface area contributed by atoms with Gasteiger partial charge in [-0.2, -0.15) is 0 Å². The van der Waals surface area contributed by atoms with Crippen molar-refractivity contribution in [3.63, 3.8) is 0 Å². The summed E-state index contributed by atoms with van der Waals surface area (Å²) in [4.78, 5) is 2.36. The molecule has 0 bridgehead atoms. The molecule has 3 aromatic heterocycles. The van der Waals surface area contributed by atoms with E-state index in [1.807, 2.05) is 34.8 Å². The summed E-state index contributed by atoms with van der Waals surface area (Å²) >= 11 is 3.80. The van der Waals surface area contributed by atoms with Crippen LogP contribution in [0.1, 0.15) is 0 Å². The molecular formula is C54H33NOS2. The lowest BCUT2D eigenvalue weighted by Crippen LogP contribution is -2.09. The number of thiophene rings is 2. The number of rotatable bonds is 6. The van der Waals surface area contributed by atoms with E-state index in [4.69, 9.17) is 4.42 Å². The maximum atomic E-state index is 6.24. The molecule has 58 heavy (non-hydrogen) atoms. The van der Waals surface area contributed by atoms with Crippen molar-refractivity contribution in [1.82, 2.24) is 0 Å². The first-order valence-electron chi connectivity index (χ1n) is 19.6. The summed E-state index contributed by atoms with van der Waals surface area (Å²) in [7, 11) is 0. The van der Waals surface area contributed by atoms with Gasteiger partial charge in [-0.25, -0.2) is 0 Å². The summed E-state index contributed by atoms with van der Waals surface area (Å²) in [5.41, 5.74) is 12.3. The quantitative estimate of drug-likeness (QED) is 0.167. The first-order valence-corrected chi connectivity index (χ1v) is 21.2. The van der Waals surface area contributed by atoms with Crippen molar-refractivity contribution >= 4 is 102 Å². The lowest BCUT2D eigenvalue weighted by molar-refractivity contribution is 0.669. The van der Waals surface area contributed by atoms with Crippen molar-refractivity contribution in [2.45, 2.75) is 0 Å². The molecule has 2 nitrogen and oxygen atoms in total. The van der Waals surface area contributed by atoms with E-state index in [9.17, 15) is 0 Å². The van der Waals surface area contributed by atoms with Gasteiger partial charge in [-0.1, -0.05) is 133 Å². The number of fused-ring (bicyclic) bond motifs is 10. The highest BCUT2D eigenvalue weighted by Crippen LogP contribution is 2.48. The van der Waals surface area contributed by atoms with Crippen LogP contribution in [0.15, 0.2) is 205 Å². The molecule has 0 N–H and O–H groups in total. The zero-order valence-electron chi connectivity index (χ0n) is 31.2. The number of furan rings is 1. The minimum atomic E-state index is 0.905. The molecule has 4 heteroatoms. The van der Waals surface area contributed by atoms with E-state index < -0.39 is 0 Å². The van der Waals surface area contributed by atoms with Gasteiger partial charge in [-0.05, 0) is 100 Å². The predicted molar refractivity (Wildman–Crippen MR) is 250 cm³/mol. The fourth-order valence-corrected chi connectivity index (χ4v) is 11.3. The average Bonchev–Trinajstić information content (AvgIpc) is 3.99. The third kappa shape index (κ3) is 5.30. The molecule has 3 heterocycles. The minimum absolute atomic E-state index is 0.905. The van der Waals surface area contributed by atoms with E-state index in [1.165, 1.54) is 68.2 Å². The Kier molecular flexibility index (Phi) is 7.62. The Labute approximate surface area is 343 Å². The normalized spacial score (nSPS) is 11.8. The Hall–Kier alpha value is -6.98. The van der Waals surface area contributed by atoms with Gasteiger partial charge in [-0.3, -0.25) is 0 Å². The molecule has 0 saturated heterocycles. The number of anilines is 3. The van der Waals surface area contributed by atoms with Crippen molar-refractivity contribution in [3.8, 4) is 33.4 Å². The van der Waals surface area contributed by atoms with Crippen LogP contribution in [-0.2, 0) is 0 Å². The summed E-state index contributed by atoms with van der Waals surface area (Å²) in [5.74, 6) is 0. The lowest BCUT2D eigenvalue weighted by atomic mass is 9.98. The fraction of sp³-hybridized carbons (Fsp3) is 0. The van der Waals surface area contributed by atoms with Crippen molar-refractivity contribution < 1.29 is 4.42 Å². The summed E-state index contributed by atoms with van der Waals surface area (Å²) in [6.07, 6.45) is 0.